The van der Waals surface area contributed by atoms with E-state index in [2.05, 4.69) is 16.3 Å². The number of nitrogens with zero attached hydrogens (tertiary/aromatic N) is 1. The lowest BCUT2D eigenvalue weighted by Crippen LogP contribution is -2.39. The number of aliphatic hydroxyl groups is 1. The first-order valence-corrected chi connectivity index (χ1v) is 7.68. The Balaban J connectivity index is 1.51. The van der Waals surface area contributed by atoms with Gasteiger partial charge in [-0.25, -0.2) is 0 Å². The molecule has 1 fully saturated rings. The maximum absolute atomic E-state index is 10.2. The lowest BCUT2D eigenvalue weighted by Gasteiger charge is -2.28. The second-order valence-electron chi connectivity index (χ2n) is 5.80. The standard InChI is InChI=1S/C16H24N2O2/c19-13(12-18-8-3-4-9-18)11-17-15-7-10-20-16-6-2-1-5-14(15)16/h1-2,5-6,13,15,17,19H,3-4,7-12H2. The molecule has 0 spiro atoms. The lowest BCUT2D eigenvalue weighted by molar-refractivity contribution is 0.117. The Morgan fingerprint density at radius 1 is 1.30 bits per heavy atom. The zero-order valence-corrected chi connectivity index (χ0v) is 11.9. The fourth-order valence-electron chi connectivity index (χ4n) is 3.16. The number of aliphatic hydroxyl groups excluding tert-OH is 1. The molecule has 4 heteroatoms. The van der Waals surface area contributed by atoms with Gasteiger partial charge in [0.15, 0.2) is 0 Å². The number of ether oxygens (including phenoxy) is 1. The average molecular weight is 276 g/mol. The summed E-state index contributed by atoms with van der Waals surface area (Å²) in [5.74, 6) is 0.977. The zero-order chi connectivity index (χ0) is 13.8. The molecule has 2 aliphatic heterocycles. The molecule has 1 aromatic rings. The number of hydrogen-bond acceptors (Lipinski definition) is 4. The van der Waals surface area contributed by atoms with Gasteiger partial charge in [0.05, 0.1) is 12.7 Å². The SMILES string of the molecule is OC(CNC1CCOc2ccccc21)CN1CCCC1. The Labute approximate surface area is 120 Å². The van der Waals surface area contributed by atoms with Crippen LogP contribution in [0.25, 0.3) is 0 Å². The minimum absolute atomic E-state index is 0.289. The second kappa shape index (κ2) is 6.57. The fourth-order valence-corrected chi connectivity index (χ4v) is 3.16. The Hall–Kier alpha value is -1.10. The van der Waals surface area contributed by atoms with Crippen LogP contribution in [0.15, 0.2) is 24.3 Å². The molecule has 3 rings (SSSR count). The first-order valence-electron chi connectivity index (χ1n) is 7.68. The van der Waals surface area contributed by atoms with E-state index in [1.807, 2.05) is 18.2 Å². The Kier molecular flexibility index (Phi) is 4.55. The highest BCUT2D eigenvalue weighted by Crippen LogP contribution is 2.31. The predicted molar refractivity (Wildman–Crippen MR) is 79.0 cm³/mol. The van der Waals surface area contributed by atoms with Gasteiger partial charge in [-0.3, -0.25) is 0 Å². The van der Waals surface area contributed by atoms with E-state index in [0.717, 1.165) is 38.4 Å². The van der Waals surface area contributed by atoms with E-state index in [4.69, 9.17) is 4.74 Å². The van der Waals surface area contributed by atoms with Crippen LogP contribution >= 0.6 is 0 Å². The van der Waals surface area contributed by atoms with E-state index < -0.39 is 0 Å². The summed E-state index contributed by atoms with van der Waals surface area (Å²) in [4.78, 5) is 2.35. The van der Waals surface area contributed by atoms with Gasteiger partial charge in [0, 0.05) is 31.1 Å². The highest BCUT2D eigenvalue weighted by Gasteiger charge is 2.22. The second-order valence-corrected chi connectivity index (χ2v) is 5.80. The Morgan fingerprint density at radius 2 is 2.10 bits per heavy atom. The van der Waals surface area contributed by atoms with Crippen LogP contribution in [-0.2, 0) is 0 Å². The lowest BCUT2D eigenvalue weighted by atomic mass is 10.0. The summed E-state index contributed by atoms with van der Waals surface area (Å²) in [6.07, 6.45) is 3.22. The first kappa shape index (κ1) is 13.9. The monoisotopic (exact) mass is 276 g/mol. The van der Waals surface area contributed by atoms with Gasteiger partial charge in [-0.15, -0.1) is 0 Å². The van der Waals surface area contributed by atoms with Crippen LogP contribution in [0.3, 0.4) is 0 Å². The van der Waals surface area contributed by atoms with E-state index in [1.165, 1.54) is 18.4 Å². The van der Waals surface area contributed by atoms with E-state index in [9.17, 15) is 5.11 Å². The molecule has 0 saturated carbocycles. The molecular weight excluding hydrogens is 252 g/mol. The van der Waals surface area contributed by atoms with Crippen molar-refractivity contribution in [1.82, 2.24) is 10.2 Å². The molecule has 0 aromatic heterocycles. The predicted octanol–water partition coefficient (Wildman–Crippen LogP) is 1.56. The topological polar surface area (TPSA) is 44.7 Å². The van der Waals surface area contributed by atoms with Crippen molar-refractivity contribution < 1.29 is 9.84 Å². The highest BCUT2D eigenvalue weighted by atomic mass is 16.5. The van der Waals surface area contributed by atoms with Crippen molar-refractivity contribution in [2.75, 3.05) is 32.8 Å². The maximum Gasteiger partial charge on any atom is 0.124 e. The number of β-amino-alcohol motifs (C(OH)–C–C–N with tert-alkyl or cyclic N) is 1. The van der Waals surface area contributed by atoms with Crippen molar-refractivity contribution in [2.24, 2.45) is 0 Å². The van der Waals surface area contributed by atoms with Crippen LogP contribution in [0.5, 0.6) is 5.75 Å². The van der Waals surface area contributed by atoms with Crippen molar-refractivity contribution in [3.8, 4) is 5.75 Å². The summed E-state index contributed by atoms with van der Waals surface area (Å²) in [5.41, 5.74) is 1.21. The summed E-state index contributed by atoms with van der Waals surface area (Å²) in [7, 11) is 0. The first-order chi connectivity index (χ1) is 9.83. The van der Waals surface area contributed by atoms with Gasteiger partial charge in [0.2, 0.25) is 0 Å². The van der Waals surface area contributed by atoms with Gasteiger partial charge in [-0.2, -0.15) is 0 Å². The van der Waals surface area contributed by atoms with Gasteiger partial charge < -0.3 is 20.1 Å². The summed E-state index contributed by atoms with van der Waals surface area (Å²) in [6, 6.07) is 8.47. The molecule has 4 nitrogen and oxygen atoms in total. The van der Waals surface area contributed by atoms with Crippen molar-refractivity contribution in [1.29, 1.82) is 0 Å². The number of fused-ring (bicyclic) bond motifs is 1. The average Bonchev–Trinajstić information content (AvgIpc) is 2.98. The summed E-state index contributed by atoms with van der Waals surface area (Å²) >= 11 is 0. The Morgan fingerprint density at radius 3 is 2.95 bits per heavy atom. The van der Waals surface area contributed by atoms with E-state index >= 15 is 0 Å². The highest BCUT2D eigenvalue weighted by molar-refractivity contribution is 5.37. The molecule has 0 radical (unpaired) electrons. The molecule has 0 bridgehead atoms. The van der Waals surface area contributed by atoms with Crippen molar-refractivity contribution in [3.63, 3.8) is 0 Å². The van der Waals surface area contributed by atoms with Gasteiger partial charge >= 0.3 is 0 Å². The molecule has 2 heterocycles. The quantitative estimate of drug-likeness (QED) is 0.856. The number of nitrogens with one attached hydrogen (secondary N) is 1. The minimum Gasteiger partial charge on any atom is -0.493 e. The van der Waals surface area contributed by atoms with E-state index in [-0.39, 0.29) is 6.10 Å². The molecule has 1 aromatic carbocycles. The van der Waals surface area contributed by atoms with Crippen LogP contribution < -0.4 is 10.1 Å². The third kappa shape index (κ3) is 3.32. The summed E-state index contributed by atoms with van der Waals surface area (Å²) in [6.45, 7) is 4.46. The minimum atomic E-state index is -0.289. The number of rotatable bonds is 5. The summed E-state index contributed by atoms with van der Waals surface area (Å²) < 4.78 is 5.66. The van der Waals surface area contributed by atoms with Crippen LogP contribution in [0.2, 0.25) is 0 Å². The van der Waals surface area contributed by atoms with Crippen LogP contribution in [0.1, 0.15) is 30.9 Å². The molecule has 2 atom stereocenters. The maximum atomic E-state index is 10.2. The van der Waals surface area contributed by atoms with Gasteiger partial charge in [0.1, 0.15) is 5.75 Å². The molecule has 0 amide bonds. The van der Waals surface area contributed by atoms with E-state index in [0.29, 0.717) is 12.6 Å². The molecule has 20 heavy (non-hydrogen) atoms. The van der Waals surface area contributed by atoms with Crippen molar-refractivity contribution in [3.05, 3.63) is 29.8 Å². The molecule has 1 saturated heterocycles. The third-order valence-corrected chi connectivity index (χ3v) is 4.23. The smallest absolute Gasteiger partial charge is 0.124 e. The van der Waals surface area contributed by atoms with Gasteiger partial charge in [0.25, 0.3) is 0 Å². The fraction of sp³-hybridized carbons (Fsp3) is 0.625. The van der Waals surface area contributed by atoms with Crippen LogP contribution in [0, 0.1) is 0 Å². The van der Waals surface area contributed by atoms with Gasteiger partial charge in [-0.05, 0) is 32.0 Å². The van der Waals surface area contributed by atoms with Crippen molar-refractivity contribution in [2.45, 2.75) is 31.4 Å². The molecule has 2 unspecified atom stereocenters. The van der Waals surface area contributed by atoms with Crippen LogP contribution in [-0.4, -0.2) is 48.9 Å². The number of para-hydroxylation sites is 1. The largest absolute Gasteiger partial charge is 0.493 e. The number of likely N-dealkylation sites (tertiary alicyclic amines) is 1. The molecule has 110 valence electrons. The number of benzene rings is 1. The van der Waals surface area contributed by atoms with Crippen molar-refractivity contribution >= 4 is 0 Å². The summed E-state index contributed by atoms with van der Waals surface area (Å²) in [5, 5.41) is 13.6. The molecule has 2 aliphatic rings. The normalized spacial score (nSPS) is 24.1. The number of hydrogen-bond donors (Lipinski definition) is 2. The molecule has 0 aliphatic carbocycles. The van der Waals surface area contributed by atoms with Crippen LogP contribution in [0.4, 0.5) is 0 Å². The molecular formula is C16H24N2O2. The van der Waals surface area contributed by atoms with E-state index in [1.54, 1.807) is 0 Å². The van der Waals surface area contributed by atoms with Gasteiger partial charge in [-0.1, -0.05) is 18.2 Å². The third-order valence-electron chi connectivity index (χ3n) is 4.23. The molecule has 2 N–H and O–H groups in total. The zero-order valence-electron chi connectivity index (χ0n) is 11.9. The Bertz CT molecular complexity index is 432.